The number of hydrogen-bond donors (Lipinski definition) is 1. The fraction of sp³-hybridized carbons (Fsp3) is 0.455. The predicted octanol–water partition coefficient (Wildman–Crippen LogP) is 2.01. The number of rotatable bonds is 7. The molecule has 0 radical (unpaired) electrons. The molecule has 7 nitrogen and oxygen atoms in total. The molecule has 0 fully saturated rings. The van der Waals surface area contributed by atoms with Gasteiger partial charge in [-0.1, -0.05) is 0 Å². The van der Waals surface area contributed by atoms with Crippen LogP contribution in [-0.2, 0) is 11.3 Å². The van der Waals surface area contributed by atoms with Crippen molar-refractivity contribution >= 4 is 5.69 Å². The van der Waals surface area contributed by atoms with E-state index in [-0.39, 0.29) is 17.1 Å². The molecule has 10 heteroatoms. The number of alkyl halides is 3. The monoisotopic (exact) mass is 311 g/mol. The normalized spacial score (nSPS) is 11.3. The van der Waals surface area contributed by atoms with Crippen molar-refractivity contribution < 1.29 is 37.4 Å². The highest BCUT2D eigenvalue weighted by atomic mass is 19.4. The number of ether oxygens (including phenoxy) is 3. The van der Waals surface area contributed by atoms with Crippen molar-refractivity contribution in [2.75, 3.05) is 20.3 Å². The summed E-state index contributed by atoms with van der Waals surface area (Å²) < 4.78 is 48.7. The third-order valence-electron chi connectivity index (χ3n) is 2.34. The summed E-state index contributed by atoms with van der Waals surface area (Å²) in [6.45, 7) is -1.85. The highest BCUT2D eigenvalue weighted by Gasteiger charge is 2.28. The summed E-state index contributed by atoms with van der Waals surface area (Å²) in [5, 5.41) is 19.9. The molecule has 0 aromatic heterocycles. The van der Waals surface area contributed by atoms with E-state index in [0.717, 1.165) is 6.07 Å². The molecule has 0 atom stereocenters. The van der Waals surface area contributed by atoms with Gasteiger partial charge in [-0.25, -0.2) is 0 Å². The second-order valence-corrected chi connectivity index (χ2v) is 3.69. The Bertz CT molecular complexity index is 505. The number of hydrogen-bond acceptors (Lipinski definition) is 6. The number of nitrogens with zero attached hydrogens (tertiary/aromatic N) is 1. The third kappa shape index (κ3) is 5.08. The minimum atomic E-state index is -4.78. The molecule has 0 bridgehead atoms. The first-order valence-corrected chi connectivity index (χ1v) is 5.58. The van der Waals surface area contributed by atoms with Crippen LogP contribution < -0.4 is 9.47 Å². The summed E-state index contributed by atoms with van der Waals surface area (Å²) in [5.41, 5.74) is -0.430. The zero-order valence-corrected chi connectivity index (χ0v) is 10.8. The zero-order valence-electron chi connectivity index (χ0n) is 10.8. The van der Waals surface area contributed by atoms with Crippen LogP contribution in [0.25, 0.3) is 0 Å². The smallest absolute Gasteiger partial charge is 0.493 e. The second-order valence-electron chi connectivity index (χ2n) is 3.69. The number of benzene rings is 1. The maximum atomic E-state index is 11.8. The minimum absolute atomic E-state index is 0.00394. The van der Waals surface area contributed by atoms with Gasteiger partial charge in [0.15, 0.2) is 11.5 Å². The molecule has 21 heavy (non-hydrogen) atoms. The van der Waals surface area contributed by atoms with E-state index in [9.17, 15) is 23.3 Å². The first-order valence-electron chi connectivity index (χ1n) is 5.58. The van der Waals surface area contributed by atoms with Gasteiger partial charge >= 0.3 is 6.36 Å². The number of aliphatic hydroxyl groups is 1. The van der Waals surface area contributed by atoms with Crippen LogP contribution in [0.2, 0.25) is 0 Å². The van der Waals surface area contributed by atoms with Crippen LogP contribution in [-0.4, -0.2) is 36.7 Å². The van der Waals surface area contributed by atoms with Crippen molar-refractivity contribution in [3.05, 3.63) is 27.8 Å². The molecule has 0 aliphatic carbocycles. The maximum absolute atomic E-state index is 11.8. The number of methoxy groups -OCH3 is 1. The molecule has 1 aromatic rings. The molecular weight excluding hydrogens is 299 g/mol. The lowest BCUT2D eigenvalue weighted by Crippen LogP contribution is -2.18. The van der Waals surface area contributed by atoms with Gasteiger partial charge in [-0.2, -0.15) is 0 Å². The fourth-order valence-corrected chi connectivity index (χ4v) is 1.47. The average Bonchev–Trinajstić information content (AvgIpc) is 2.41. The predicted molar refractivity (Wildman–Crippen MR) is 63.1 cm³/mol. The van der Waals surface area contributed by atoms with Gasteiger partial charge in [0.05, 0.1) is 36.9 Å². The van der Waals surface area contributed by atoms with E-state index in [0.29, 0.717) is 0 Å². The molecule has 1 aromatic carbocycles. The topological polar surface area (TPSA) is 91.1 Å². The van der Waals surface area contributed by atoms with Gasteiger partial charge in [0.1, 0.15) is 6.61 Å². The third-order valence-corrected chi connectivity index (χ3v) is 2.34. The minimum Gasteiger partial charge on any atom is -0.493 e. The lowest BCUT2D eigenvalue weighted by atomic mass is 10.1. The molecule has 0 unspecified atom stereocenters. The van der Waals surface area contributed by atoms with Gasteiger partial charge in [0.25, 0.3) is 5.69 Å². The highest BCUT2D eigenvalue weighted by molar-refractivity contribution is 5.54. The summed E-state index contributed by atoms with van der Waals surface area (Å²) in [4.78, 5) is 10.1. The first kappa shape index (κ1) is 17.0. The van der Waals surface area contributed by atoms with Gasteiger partial charge in [-0.05, 0) is 6.07 Å². The van der Waals surface area contributed by atoms with Crippen LogP contribution in [0.15, 0.2) is 12.1 Å². The van der Waals surface area contributed by atoms with Gasteiger partial charge < -0.3 is 14.6 Å². The number of nitro groups is 1. The Labute approximate surface area is 117 Å². The van der Waals surface area contributed by atoms with Crippen LogP contribution in [0.4, 0.5) is 18.9 Å². The Morgan fingerprint density at radius 2 is 1.95 bits per heavy atom. The summed E-state index contributed by atoms with van der Waals surface area (Å²) >= 11 is 0. The number of nitro benzene ring substituents is 1. The summed E-state index contributed by atoms with van der Waals surface area (Å²) in [6, 6.07) is 2.15. The molecule has 0 saturated carbocycles. The van der Waals surface area contributed by atoms with Crippen molar-refractivity contribution in [3.8, 4) is 11.5 Å². The number of halogens is 3. The quantitative estimate of drug-likeness (QED) is 0.470. The SMILES string of the molecule is COc1cc(CO)c([N+](=O)[O-])cc1OCCOC(F)(F)F. The van der Waals surface area contributed by atoms with Crippen molar-refractivity contribution in [2.45, 2.75) is 13.0 Å². The molecule has 1 rings (SSSR count). The molecule has 0 amide bonds. The molecular formula is C11H12F3NO6. The molecule has 0 aliphatic heterocycles. The van der Waals surface area contributed by atoms with E-state index in [1.54, 1.807) is 0 Å². The summed E-state index contributed by atoms with van der Waals surface area (Å²) in [7, 11) is 1.25. The van der Waals surface area contributed by atoms with Gasteiger partial charge in [0.2, 0.25) is 0 Å². The van der Waals surface area contributed by atoms with Crippen LogP contribution in [0.3, 0.4) is 0 Å². The Hall–Kier alpha value is -2.07. The van der Waals surface area contributed by atoms with E-state index in [4.69, 9.17) is 14.6 Å². The summed E-state index contributed by atoms with van der Waals surface area (Å²) in [5.74, 6) is -0.0659. The first-order chi connectivity index (χ1) is 9.78. The van der Waals surface area contributed by atoms with Crippen molar-refractivity contribution in [1.29, 1.82) is 0 Å². The van der Waals surface area contributed by atoms with Gasteiger partial charge in [0, 0.05) is 0 Å². The molecule has 0 saturated heterocycles. The van der Waals surface area contributed by atoms with Crippen LogP contribution in [0.5, 0.6) is 11.5 Å². The van der Waals surface area contributed by atoms with Crippen LogP contribution in [0.1, 0.15) is 5.56 Å². The summed E-state index contributed by atoms with van der Waals surface area (Å²) in [6.07, 6.45) is -4.78. The Kier molecular flexibility index (Phi) is 5.73. The largest absolute Gasteiger partial charge is 0.522 e. The van der Waals surface area contributed by atoms with Crippen molar-refractivity contribution in [3.63, 3.8) is 0 Å². The maximum Gasteiger partial charge on any atom is 0.522 e. The molecule has 118 valence electrons. The van der Waals surface area contributed by atoms with Crippen LogP contribution in [0, 0.1) is 10.1 Å². The second kappa shape index (κ2) is 7.09. The van der Waals surface area contributed by atoms with Gasteiger partial charge in [-0.3, -0.25) is 14.9 Å². The molecule has 0 heterocycles. The fourth-order valence-electron chi connectivity index (χ4n) is 1.47. The van der Waals surface area contributed by atoms with Crippen LogP contribution >= 0.6 is 0 Å². The zero-order chi connectivity index (χ0) is 16.0. The van der Waals surface area contributed by atoms with E-state index >= 15 is 0 Å². The number of aliphatic hydroxyl groups excluding tert-OH is 1. The Morgan fingerprint density at radius 3 is 2.43 bits per heavy atom. The van der Waals surface area contributed by atoms with Gasteiger partial charge in [-0.15, -0.1) is 13.2 Å². The Morgan fingerprint density at radius 1 is 1.29 bits per heavy atom. The van der Waals surface area contributed by atoms with E-state index in [2.05, 4.69) is 4.74 Å². The van der Waals surface area contributed by atoms with Crippen molar-refractivity contribution in [1.82, 2.24) is 0 Å². The van der Waals surface area contributed by atoms with E-state index in [1.807, 2.05) is 0 Å². The van der Waals surface area contributed by atoms with E-state index in [1.165, 1.54) is 13.2 Å². The highest BCUT2D eigenvalue weighted by Crippen LogP contribution is 2.34. The molecule has 1 N–H and O–H groups in total. The lowest BCUT2D eigenvalue weighted by Gasteiger charge is -2.13. The Balaban J connectivity index is 2.85. The molecule has 0 spiro atoms. The standard InChI is InChI=1S/C11H12F3NO6/c1-19-9-4-7(6-16)8(15(17)18)5-10(9)20-2-3-21-11(12,13)14/h4-5,16H,2-3,6H2,1H3. The van der Waals surface area contributed by atoms with Crippen molar-refractivity contribution in [2.24, 2.45) is 0 Å². The van der Waals surface area contributed by atoms with E-state index < -0.39 is 36.8 Å². The molecule has 0 aliphatic rings. The average molecular weight is 311 g/mol. The lowest BCUT2D eigenvalue weighted by molar-refractivity contribution is -0.386.